The van der Waals surface area contributed by atoms with E-state index in [4.69, 9.17) is 9.47 Å². The maximum absolute atomic E-state index is 10.6. The zero-order valence-electron chi connectivity index (χ0n) is 10.5. The zero-order valence-corrected chi connectivity index (χ0v) is 10.5. The number of rotatable bonds is 6. The molecule has 1 rings (SSSR count). The Morgan fingerprint density at radius 1 is 1.44 bits per heavy atom. The second-order valence-electron chi connectivity index (χ2n) is 3.71. The number of likely N-dealkylation sites (N-methyl/N-ethyl adjacent to an activating group) is 1. The Kier molecular flexibility index (Phi) is 4.87. The van der Waals surface area contributed by atoms with Gasteiger partial charge in [-0.2, -0.15) is 0 Å². The van der Waals surface area contributed by atoms with Crippen LogP contribution in [0, 0.1) is 10.1 Å². The van der Waals surface area contributed by atoms with Gasteiger partial charge in [-0.05, 0) is 6.07 Å². The van der Waals surface area contributed by atoms with Gasteiger partial charge in [-0.1, -0.05) is 0 Å². The molecule has 0 saturated heterocycles. The Labute approximate surface area is 105 Å². The summed E-state index contributed by atoms with van der Waals surface area (Å²) >= 11 is 0. The van der Waals surface area contributed by atoms with Gasteiger partial charge in [-0.3, -0.25) is 10.1 Å². The lowest BCUT2D eigenvalue weighted by Gasteiger charge is -2.23. The number of ether oxygens (including phenoxy) is 2. The number of hydrogen-bond acceptors (Lipinski definition) is 6. The molecule has 0 saturated carbocycles. The molecule has 0 aliphatic heterocycles. The number of hydrogen-bond donors (Lipinski definition) is 1. The molecule has 0 unspecified atom stereocenters. The molecule has 1 aromatic carbocycles. The number of phenols is 1. The molecule has 100 valence electrons. The normalized spacial score (nSPS) is 10.7. The molecule has 0 aliphatic rings. The maximum Gasteiger partial charge on any atom is 0.310 e. The van der Waals surface area contributed by atoms with Gasteiger partial charge in [0.1, 0.15) is 0 Å². The van der Waals surface area contributed by atoms with Crippen LogP contribution in [-0.2, 0) is 9.47 Å². The van der Waals surface area contributed by atoms with Crippen LogP contribution in [0.4, 0.5) is 11.4 Å². The minimum absolute atomic E-state index is 0.317. The summed E-state index contributed by atoms with van der Waals surface area (Å²) < 4.78 is 10.1. The highest BCUT2D eigenvalue weighted by atomic mass is 16.7. The molecule has 1 N–H and O–H groups in total. The molecular weight excluding hydrogens is 240 g/mol. The van der Waals surface area contributed by atoms with E-state index in [-0.39, 0.29) is 11.4 Å². The van der Waals surface area contributed by atoms with Gasteiger partial charge in [0.25, 0.3) is 0 Å². The molecule has 0 aliphatic carbocycles. The molecule has 0 spiro atoms. The van der Waals surface area contributed by atoms with E-state index in [1.54, 1.807) is 18.0 Å². The average Bonchev–Trinajstić information content (AvgIpc) is 2.34. The highest BCUT2D eigenvalue weighted by Gasteiger charge is 2.16. The van der Waals surface area contributed by atoms with Crippen LogP contribution in [0.5, 0.6) is 5.75 Å². The van der Waals surface area contributed by atoms with Gasteiger partial charge in [0.2, 0.25) is 0 Å². The summed E-state index contributed by atoms with van der Waals surface area (Å²) in [7, 11) is 4.82. The maximum atomic E-state index is 10.6. The fourth-order valence-corrected chi connectivity index (χ4v) is 1.48. The van der Waals surface area contributed by atoms with E-state index in [2.05, 4.69) is 0 Å². The predicted octanol–water partition coefficient (Wildman–Crippen LogP) is 1.36. The summed E-state index contributed by atoms with van der Waals surface area (Å²) in [6.07, 6.45) is -0.410. The molecule has 0 heterocycles. The Hall–Kier alpha value is -1.86. The van der Waals surface area contributed by atoms with Crippen molar-refractivity contribution in [2.24, 2.45) is 0 Å². The highest BCUT2D eigenvalue weighted by Crippen LogP contribution is 2.29. The smallest absolute Gasteiger partial charge is 0.310 e. The van der Waals surface area contributed by atoms with Crippen molar-refractivity contribution in [3.05, 3.63) is 28.3 Å². The monoisotopic (exact) mass is 256 g/mol. The number of aromatic hydroxyl groups is 1. The van der Waals surface area contributed by atoms with Crippen molar-refractivity contribution >= 4 is 11.4 Å². The topological polar surface area (TPSA) is 85.1 Å². The average molecular weight is 256 g/mol. The van der Waals surface area contributed by atoms with Gasteiger partial charge in [-0.15, -0.1) is 0 Å². The van der Waals surface area contributed by atoms with Gasteiger partial charge in [0.15, 0.2) is 12.0 Å². The highest BCUT2D eigenvalue weighted by molar-refractivity contribution is 5.58. The predicted molar refractivity (Wildman–Crippen MR) is 65.8 cm³/mol. The molecule has 0 radical (unpaired) electrons. The number of anilines is 1. The molecule has 0 amide bonds. The first-order chi connectivity index (χ1) is 8.49. The van der Waals surface area contributed by atoms with Crippen LogP contribution >= 0.6 is 0 Å². The molecule has 7 nitrogen and oxygen atoms in total. The number of nitro groups is 1. The fourth-order valence-electron chi connectivity index (χ4n) is 1.48. The molecule has 18 heavy (non-hydrogen) atoms. The van der Waals surface area contributed by atoms with Crippen molar-refractivity contribution < 1.29 is 19.5 Å². The fraction of sp³-hybridized carbons (Fsp3) is 0.455. The van der Waals surface area contributed by atoms with Crippen molar-refractivity contribution in [1.29, 1.82) is 0 Å². The van der Waals surface area contributed by atoms with E-state index in [1.807, 2.05) is 0 Å². The van der Waals surface area contributed by atoms with Gasteiger partial charge in [0.05, 0.1) is 11.5 Å². The summed E-state index contributed by atoms with van der Waals surface area (Å²) in [5.74, 6) is -0.365. The van der Waals surface area contributed by atoms with Crippen LogP contribution in [0.25, 0.3) is 0 Å². The molecule has 7 heteroatoms. The van der Waals surface area contributed by atoms with Crippen molar-refractivity contribution in [2.75, 3.05) is 32.7 Å². The van der Waals surface area contributed by atoms with Crippen molar-refractivity contribution in [3.8, 4) is 5.75 Å². The van der Waals surface area contributed by atoms with E-state index in [9.17, 15) is 15.2 Å². The first-order valence-corrected chi connectivity index (χ1v) is 5.23. The summed E-state index contributed by atoms with van der Waals surface area (Å²) in [6, 6.07) is 4.15. The van der Waals surface area contributed by atoms with Crippen molar-refractivity contribution in [3.63, 3.8) is 0 Å². The standard InChI is InChI=1S/C11H16N2O5/c1-12(7-11(17-2)18-3)8-4-5-9(13(15)16)10(14)6-8/h4-6,11,14H,7H2,1-3H3. The second kappa shape index (κ2) is 6.18. The lowest BCUT2D eigenvalue weighted by Crippen LogP contribution is -2.31. The molecular formula is C11H16N2O5. The summed E-state index contributed by atoms with van der Waals surface area (Å²) in [6.45, 7) is 0.435. The number of benzene rings is 1. The minimum Gasteiger partial charge on any atom is -0.502 e. The number of nitrogens with zero attached hydrogens (tertiary/aromatic N) is 2. The molecule has 0 bridgehead atoms. The van der Waals surface area contributed by atoms with Crippen molar-refractivity contribution in [2.45, 2.75) is 6.29 Å². The Bertz CT molecular complexity index is 420. The molecule has 0 fully saturated rings. The lowest BCUT2D eigenvalue weighted by atomic mass is 10.2. The first-order valence-electron chi connectivity index (χ1n) is 5.23. The summed E-state index contributed by atoms with van der Waals surface area (Å²) in [5.41, 5.74) is 0.319. The molecule has 0 aromatic heterocycles. The Morgan fingerprint density at radius 3 is 2.50 bits per heavy atom. The third kappa shape index (κ3) is 3.31. The third-order valence-corrected chi connectivity index (χ3v) is 2.55. The van der Waals surface area contributed by atoms with E-state index >= 15 is 0 Å². The largest absolute Gasteiger partial charge is 0.502 e. The summed E-state index contributed by atoms with van der Waals surface area (Å²) in [5, 5.41) is 20.1. The minimum atomic E-state index is -0.633. The van der Waals surface area contributed by atoms with Gasteiger partial charge in [0, 0.05) is 39.1 Å². The first kappa shape index (κ1) is 14.2. The van der Waals surface area contributed by atoms with E-state index in [1.165, 1.54) is 26.4 Å². The molecule has 0 atom stereocenters. The zero-order chi connectivity index (χ0) is 13.7. The summed E-state index contributed by atoms with van der Waals surface area (Å²) in [4.78, 5) is 11.7. The van der Waals surface area contributed by atoms with Crippen LogP contribution in [0.3, 0.4) is 0 Å². The van der Waals surface area contributed by atoms with E-state index in [0.717, 1.165) is 0 Å². The second-order valence-corrected chi connectivity index (χ2v) is 3.71. The van der Waals surface area contributed by atoms with Crippen molar-refractivity contribution in [1.82, 2.24) is 0 Å². The van der Waals surface area contributed by atoms with E-state index < -0.39 is 11.2 Å². The Morgan fingerprint density at radius 2 is 2.06 bits per heavy atom. The number of methoxy groups -OCH3 is 2. The van der Waals surface area contributed by atoms with Gasteiger partial charge < -0.3 is 19.5 Å². The van der Waals surface area contributed by atoms with Gasteiger partial charge in [-0.25, -0.2) is 0 Å². The lowest BCUT2D eigenvalue weighted by molar-refractivity contribution is -0.385. The van der Waals surface area contributed by atoms with Crippen LogP contribution in [0.1, 0.15) is 0 Å². The van der Waals surface area contributed by atoms with Crippen LogP contribution in [0.2, 0.25) is 0 Å². The van der Waals surface area contributed by atoms with Gasteiger partial charge >= 0.3 is 5.69 Å². The third-order valence-electron chi connectivity index (χ3n) is 2.55. The molecule has 1 aromatic rings. The van der Waals surface area contributed by atoms with Crippen LogP contribution in [0.15, 0.2) is 18.2 Å². The van der Waals surface area contributed by atoms with Crippen LogP contribution < -0.4 is 4.90 Å². The number of nitro benzene ring substituents is 1. The quantitative estimate of drug-likeness (QED) is 0.470. The SMILES string of the molecule is COC(CN(C)c1ccc([N+](=O)[O-])c(O)c1)OC. The van der Waals surface area contributed by atoms with Crippen LogP contribution in [-0.4, -0.2) is 44.1 Å². The van der Waals surface area contributed by atoms with E-state index in [0.29, 0.717) is 12.2 Å². The number of phenolic OH excluding ortho intramolecular Hbond substituents is 1. The Balaban J connectivity index is 2.84.